The summed E-state index contributed by atoms with van der Waals surface area (Å²) in [6, 6.07) is 4.50. The van der Waals surface area contributed by atoms with Crippen LogP contribution >= 0.6 is 0 Å². The largest absolute Gasteiger partial charge is 0.507 e. The number of nitrogen functional groups attached to an aromatic ring is 1. The van der Waals surface area contributed by atoms with E-state index in [0.717, 1.165) is 18.2 Å². The van der Waals surface area contributed by atoms with Gasteiger partial charge in [0, 0.05) is 11.1 Å². The lowest BCUT2D eigenvalue weighted by Gasteiger charge is -2.05. The van der Waals surface area contributed by atoms with E-state index in [4.69, 9.17) is 5.73 Å². The first-order valence-electron chi connectivity index (χ1n) is 3.96. The van der Waals surface area contributed by atoms with Crippen molar-refractivity contribution in [3.8, 4) is 5.75 Å². The number of fused-ring (bicyclic) bond motifs is 1. The van der Waals surface area contributed by atoms with Gasteiger partial charge in [-0.25, -0.2) is 8.78 Å². The molecule has 0 fully saturated rings. The number of phenolic OH excluding ortho intramolecular Hbond substituents is 1. The topological polar surface area (TPSA) is 46.2 Å². The molecule has 2 aromatic carbocycles. The van der Waals surface area contributed by atoms with Gasteiger partial charge in [0.15, 0.2) is 0 Å². The Balaban J connectivity index is 3.05. The van der Waals surface area contributed by atoms with E-state index in [9.17, 15) is 13.9 Å². The number of anilines is 1. The first-order chi connectivity index (χ1) is 6.61. The molecule has 2 aromatic rings. The van der Waals surface area contributed by atoms with Crippen molar-refractivity contribution in [1.82, 2.24) is 0 Å². The second kappa shape index (κ2) is 2.83. The van der Waals surface area contributed by atoms with E-state index in [-0.39, 0.29) is 22.2 Å². The lowest BCUT2D eigenvalue weighted by Crippen LogP contribution is -1.92. The Hall–Kier alpha value is -1.84. The molecule has 0 unspecified atom stereocenters. The van der Waals surface area contributed by atoms with Gasteiger partial charge in [0.25, 0.3) is 0 Å². The highest BCUT2D eigenvalue weighted by Crippen LogP contribution is 2.32. The second-order valence-electron chi connectivity index (χ2n) is 2.95. The van der Waals surface area contributed by atoms with Gasteiger partial charge in [-0.2, -0.15) is 0 Å². The predicted molar refractivity (Wildman–Crippen MR) is 49.9 cm³/mol. The monoisotopic (exact) mass is 195 g/mol. The number of phenols is 1. The maximum absolute atomic E-state index is 13.2. The van der Waals surface area contributed by atoms with Crippen LogP contribution in [-0.4, -0.2) is 5.11 Å². The first-order valence-corrected chi connectivity index (χ1v) is 3.96. The van der Waals surface area contributed by atoms with E-state index in [1.807, 2.05) is 0 Å². The van der Waals surface area contributed by atoms with Crippen LogP contribution in [0, 0.1) is 11.6 Å². The molecule has 3 N–H and O–H groups in total. The normalized spacial score (nSPS) is 10.7. The molecular weight excluding hydrogens is 188 g/mol. The van der Waals surface area contributed by atoms with Gasteiger partial charge in [0.05, 0.1) is 5.39 Å². The van der Waals surface area contributed by atoms with Crippen molar-refractivity contribution in [2.45, 2.75) is 0 Å². The number of hydrogen-bond acceptors (Lipinski definition) is 2. The molecular formula is C10H7F2NO. The molecule has 0 spiro atoms. The molecule has 14 heavy (non-hydrogen) atoms. The van der Waals surface area contributed by atoms with Gasteiger partial charge in [0.2, 0.25) is 0 Å². The van der Waals surface area contributed by atoms with Crippen molar-refractivity contribution in [2.75, 3.05) is 5.73 Å². The molecule has 0 amide bonds. The quantitative estimate of drug-likeness (QED) is 0.634. The minimum Gasteiger partial charge on any atom is -0.507 e. The summed E-state index contributed by atoms with van der Waals surface area (Å²) in [4.78, 5) is 0. The van der Waals surface area contributed by atoms with Gasteiger partial charge in [0.1, 0.15) is 17.4 Å². The Kier molecular flexibility index (Phi) is 1.77. The average Bonchev–Trinajstić information content (AvgIpc) is 2.16. The van der Waals surface area contributed by atoms with Crippen molar-refractivity contribution in [2.24, 2.45) is 0 Å². The molecule has 72 valence electrons. The fourth-order valence-corrected chi connectivity index (χ4v) is 1.42. The maximum atomic E-state index is 13.2. The van der Waals surface area contributed by atoms with Gasteiger partial charge in [-0.05, 0) is 24.3 Å². The fourth-order valence-electron chi connectivity index (χ4n) is 1.42. The Morgan fingerprint density at radius 1 is 0.929 bits per heavy atom. The first kappa shape index (κ1) is 8.74. The molecule has 0 aliphatic carbocycles. The third-order valence-corrected chi connectivity index (χ3v) is 2.07. The zero-order valence-electron chi connectivity index (χ0n) is 7.09. The van der Waals surface area contributed by atoms with Crippen LogP contribution in [0.1, 0.15) is 0 Å². The van der Waals surface area contributed by atoms with E-state index in [0.29, 0.717) is 0 Å². The third-order valence-electron chi connectivity index (χ3n) is 2.07. The van der Waals surface area contributed by atoms with Gasteiger partial charge >= 0.3 is 0 Å². The zero-order chi connectivity index (χ0) is 10.3. The molecule has 0 radical (unpaired) electrons. The minimum atomic E-state index is -0.689. The van der Waals surface area contributed by atoms with Crippen molar-refractivity contribution in [3.63, 3.8) is 0 Å². The molecule has 0 bridgehead atoms. The number of nitrogens with two attached hydrogens (primary N) is 1. The molecule has 2 rings (SSSR count). The van der Waals surface area contributed by atoms with Crippen molar-refractivity contribution >= 4 is 16.5 Å². The molecule has 0 aliphatic rings. The lowest BCUT2D eigenvalue weighted by atomic mass is 10.1. The van der Waals surface area contributed by atoms with Crippen LogP contribution in [-0.2, 0) is 0 Å². The van der Waals surface area contributed by atoms with Crippen LogP contribution in [0.4, 0.5) is 14.5 Å². The van der Waals surface area contributed by atoms with E-state index >= 15 is 0 Å². The molecule has 0 atom stereocenters. The van der Waals surface area contributed by atoms with E-state index in [2.05, 4.69) is 0 Å². The maximum Gasteiger partial charge on any atom is 0.135 e. The van der Waals surface area contributed by atoms with Crippen LogP contribution in [0.5, 0.6) is 5.75 Å². The summed E-state index contributed by atoms with van der Waals surface area (Å²) in [5.74, 6) is -1.65. The van der Waals surface area contributed by atoms with Crippen LogP contribution in [0.25, 0.3) is 10.8 Å². The summed E-state index contributed by atoms with van der Waals surface area (Å²) in [6.07, 6.45) is 0. The molecule has 0 aliphatic heterocycles. The number of hydrogen-bond donors (Lipinski definition) is 2. The number of aromatic hydroxyl groups is 1. The predicted octanol–water partition coefficient (Wildman–Crippen LogP) is 2.41. The van der Waals surface area contributed by atoms with Crippen LogP contribution in [0.3, 0.4) is 0 Å². The lowest BCUT2D eigenvalue weighted by molar-refractivity contribution is 0.477. The van der Waals surface area contributed by atoms with Crippen molar-refractivity contribution < 1.29 is 13.9 Å². The molecule has 0 saturated heterocycles. The highest BCUT2D eigenvalue weighted by atomic mass is 19.1. The Morgan fingerprint density at radius 3 is 2.14 bits per heavy atom. The number of rotatable bonds is 0. The smallest absolute Gasteiger partial charge is 0.135 e. The Bertz CT molecular complexity index is 422. The minimum absolute atomic E-state index is 0.0787. The molecule has 4 heteroatoms. The van der Waals surface area contributed by atoms with Crippen molar-refractivity contribution in [3.05, 3.63) is 35.9 Å². The van der Waals surface area contributed by atoms with Crippen molar-refractivity contribution in [1.29, 1.82) is 0 Å². The van der Waals surface area contributed by atoms with Crippen LogP contribution in [0.2, 0.25) is 0 Å². The fraction of sp³-hybridized carbons (Fsp3) is 0. The summed E-state index contributed by atoms with van der Waals surface area (Å²) in [5, 5.41) is 9.08. The van der Waals surface area contributed by atoms with Gasteiger partial charge in [-0.1, -0.05) is 0 Å². The average molecular weight is 195 g/mol. The summed E-state index contributed by atoms with van der Waals surface area (Å²) in [7, 11) is 0. The number of benzene rings is 2. The van der Waals surface area contributed by atoms with E-state index in [1.54, 1.807) is 0 Å². The SMILES string of the molecule is Nc1ccc(F)c2c(O)ccc(F)c12. The molecule has 0 heterocycles. The molecule has 0 saturated carbocycles. The summed E-state index contributed by atoms with van der Waals surface area (Å²) in [5.41, 5.74) is 5.58. The highest BCUT2D eigenvalue weighted by molar-refractivity contribution is 5.97. The van der Waals surface area contributed by atoms with E-state index < -0.39 is 11.6 Å². The molecule has 0 aromatic heterocycles. The zero-order valence-corrected chi connectivity index (χ0v) is 7.09. The molecule has 2 nitrogen and oxygen atoms in total. The van der Waals surface area contributed by atoms with Crippen LogP contribution < -0.4 is 5.73 Å². The number of halogens is 2. The standard InChI is InChI=1S/C10H7F2NO/c11-5-2-4-8(14)10-6(12)1-3-7(13)9(5)10/h1-4,14H,13H2. The van der Waals surface area contributed by atoms with Crippen LogP contribution in [0.15, 0.2) is 24.3 Å². The van der Waals surface area contributed by atoms with Gasteiger partial charge < -0.3 is 10.8 Å². The summed E-state index contributed by atoms with van der Waals surface area (Å²) < 4.78 is 26.5. The van der Waals surface area contributed by atoms with E-state index in [1.165, 1.54) is 6.07 Å². The second-order valence-corrected chi connectivity index (χ2v) is 2.95. The Morgan fingerprint density at radius 2 is 1.50 bits per heavy atom. The third kappa shape index (κ3) is 1.08. The van der Waals surface area contributed by atoms with Gasteiger partial charge in [-0.3, -0.25) is 0 Å². The summed E-state index contributed by atoms with van der Waals surface area (Å²) in [6.45, 7) is 0. The Labute approximate surface area is 78.6 Å². The summed E-state index contributed by atoms with van der Waals surface area (Å²) >= 11 is 0. The highest BCUT2D eigenvalue weighted by Gasteiger charge is 2.12. The van der Waals surface area contributed by atoms with Gasteiger partial charge in [-0.15, -0.1) is 0 Å².